The van der Waals surface area contributed by atoms with Gasteiger partial charge < -0.3 is 9.47 Å². The first-order valence-electron chi connectivity index (χ1n) is 4.39. The lowest BCUT2D eigenvalue weighted by molar-refractivity contribution is 0.354. The van der Waals surface area contributed by atoms with E-state index < -0.39 is 6.08 Å². The van der Waals surface area contributed by atoms with Gasteiger partial charge >= 0.3 is 0 Å². The van der Waals surface area contributed by atoms with Gasteiger partial charge in [0.05, 0.1) is 14.2 Å². The largest absolute Gasteiger partial charge is 0.493 e. The van der Waals surface area contributed by atoms with Crippen LogP contribution in [0.25, 0.3) is 0 Å². The minimum absolute atomic E-state index is 0.183. The van der Waals surface area contributed by atoms with E-state index >= 15 is 0 Å². The summed E-state index contributed by atoms with van der Waals surface area (Å²) in [6.45, 7) is 0. The highest BCUT2D eigenvalue weighted by molar-refractivity contribution is 5.43. The van der Waals surface area contributed by atoms with E-state index in [0.29, 0.717) is 11.5 Å². The molecule has 1 aromatic rings. The van der Waals surface area contributed by atoms with Gasteiger partial charge in [-0.3, -0.25) is 0 Å². The number of benzene rings is 1. The molecule has 4 heteroatoms. The van der Waals surface area contributed by atoms with Crippen molar-refractivity contribution in [3.63, 3.8) is 0 Å². The molecule has 0 N–H and O–H groups in total. The number of allylic oxidation sites excluding steroid dienone is 1. The Labute approximate surface area is 87.1 Å². The Balaban J connectivity index is 2.88. The topological polar surface area (TPSA) is 18.5 Å². The van der Waals surface area contributed by atoms with Crippen molar-refractivity contribution < 1.29 is 18.3 Å². The van der Waals surface area contributed by atoms with Crippen LogP contribution in [-0.4, -0.2) is 14.2 Å². The zero-order valence-electron chi connectivity index (χ0n) is 8.59. The number of methoxy groups -OCH3 is 2. The summed E-state index contributed by atoms with van der Waals surface area (Å²) in [5.74, 6) is 1.13. The average Bonchev–Trinajstić information content (AvgIpc) is 2.25. The van der Waals surface area contributed by atoms with Gasteiger partial charge in [-0.1, -0.05) is 6.07 Å². The molecule has 0 heterocycles. The average molecular weight is 214 g/mol. The van der Waals surface area contributed by atoms with E-state index in [1.54, 1.807) is 18.2 Å². The molecule has 1 rings (SSSR count). The van der Waals surface area contributed by atoms with Crippen LogP contribution >= 0.6 is 0 Å². The molecule has 0 saturated heterocycles. The predicted molar refractivity (Wildman–Crippen MR) is 53.5 cm³/mol. The smallest absolute Gasteiger partial charge is 0.266 e. The molecule has 0 aliphatic heterocycles. The normalized spacial score (nSPS) is 9.60. The Hall–Kier alpha value is -1.58. The fraction of sp³-hybridized carbons (Fsp3) is 0.273. The van der Waals surface area contributed by atoms with E-state index in [2.05, 4.69) is 0 Å². The molecule has 0 unspecified atom stereocenters. The van der Waals surface area contributed by atoms with Crippen molar-refractivity contribution in [1.82, 2.24) is 0 Å². The molecule has 0 aliphatic carbocycles. The molecule has 0 aliphatic rings. The van der Waals surface area contributed by atoms with Gasteiger partial charge in [-0.05, 0) is 30.2 Å². The van der Waals surface area contributed by atoms with Gasteiger partial charge in [0.1, 0.15) is 0 Å². The van der Waals surface area contributed by atoms with Gasteiger partial charge in [0.2, 0.25) is 0 Å². The summed E-state index contributed by atoms with van der Waals surface area (Å²) in [7, 11) is 3.03. The fourth-order valence-electron chi connectivity index (χ4n) is 1.20. The lowest BCUT2D eigenvalue weighted by atomic mass is 10.1. The molecule has 0 bridgehead atoms. The van der Waals surface area contributed by atoms with Crippen LogP contribution < -0.4 is 9.47 Å². The number of ether oxygens (including phenoxy) is 2. The minimum Gasteiger partial charge on any atom is -0.493 e. The molecule has 82 valence electrons. The Morgan fingerprint density at radius 1 is 1.20 bits per heavy atom. The van der Waals surface area contributed by atoms with E-state index in [4.69, 9.17) is 9.47 Å². The van der Waals surface area contributed by atoms with Crippen LogP contribution in [0.5, 0.6) is 11.5 Å². The molecular formula is C11H12F2O2. The van der Waals surface area contributed by atoms with E-state index in [1.807, 2.05) is 0 Å². The summed E-state index contributed by atoms with van der Waals surface area (Å²) in [5.41, 5.74) is 0.750. The van der Waals surface area contributed by atoms with Crippen LogP contribution in [0.2, 0.25) is 0 Å². The molecule has 0 aromatic heterocycles. The second kappa shape index (κ2) is 5.34. The molecule has 0 spiro atoms. The Morgan fingerprint density at radius 3 is 2.40 bits per heavy atom. The molecule has 0 radical (unpaired) electrons. The van der Waals surface area contributed by atoms with Gasteiger partial charge in [-0.2, -0.15) is 8.78 Å². The maximum Gasteiger partial charge on any atom is 0.266 e. The summed E-state index contributed by atoms with van der Waals surface area (Å²) < 4.78 is 33.8. The molecule has 0 fully saturated rings. The summed E-state index contributed by atoms with van der Waals surface area (Å²) in [6, 6.07) is 5.09. The van der Waals surface area contributed by atoms with Gasteiger partial charge in [0, 0.05) is 0 Å². The van der Waals surface area contributed by atoms with Crippen LogP contribution in [-0.2, 0) is 6.42 Å². The first kappa shape index (κ1) is 11.5. The highest BCUT2D eigenvalue weighted by atomic mass is 19.3. The number of hydrogen-bond donors (Lipinski definition) is 0. The molecule has 1 aromatic carbocycles. The summed E-state index contributed by atoms with van der Waals surface area (Å²) in [5, 5.41) is 0. The Morgan fingerprint density at radius 2 is 1.87 bits per heavy atom. The molecule has 2 nitrogen and oxygen atoms in total. The van der Waals surface area contributed by atoms with Gasteiger partial charge in [0.25, 0.3) is 6.08 Å². The van der Waals surface area contributed by atoms with Crippen molar-refractivity contribution in [2.75, 3.05) is 14.2 Å². The summed E-state index contributed by atoms with van der Waals surface area (Å²) in [4.78, 5) is 0. The van der Waals surface area contributed by atoms with Gasteiger partial charge in [-0.15, -0.1) is 0 Å². The third-order valence-corrected chi connectivity index (χ3v) is 1.94. The molecule has 0 atom stereocenters. The standard InChI is InChI=1S/C11H12F2O2/c1-14-9-5-3-8(4-6-11(12)13)7-10(9)15-2/h3,5-7H,4H2,1-2H3. The van der Waals surface area contributed by atoms with Crippen LogP contribution in [0, 0.1) is 0 Å². The van der Waals surface area contributed by atoms with Crippen molar-refractivity contribution in [1.29, 1.82) is 0 Å². The number of hydrogen-bond acceptors (Lipinski definition) is 2. The lowest BCUT2D eigenvalue weighted by Gasteiger charge is -2.08. The monoisotopic (exact) mass is 214 g/mol. The maximum absolute atomic E-state index is 11.9. The van der Waals surface area contributed by atoms with Crippen molar-refractivity contribution in [3.8, 4) is 11.5 Å². The van der Waals surface area contributed by atoms with Crippen molar-refractivity contribution in [2.45, 2.75) is 6.42 Å². The molecular weight excluding hydrogens is 202 g/mol. The highest BCUT2D eigenvalue weighted by Gasteiger charge is 2.03. The Kier molecular flexibility index (Phi) is 4.09. The van der Waals surface area contributed by atoms with Crippen LogP contribution in [0.3, 0.4) is 0 Å². The van der Waals surface area contributed by atoms with Crippen LogP contribution in [0.15, 0.2) is 30.4 Å². The van der Waals surface area contributed by atoms with Crippen LogP contribution in [0.4, 0.5) is 8.78 Å². The second-order valence-electron chi connectivity index (χ2n) is 2.89. The summed E-state index contributed by atoms with van der Waals surface area (Å²) in [6.07, 6.45) is -0.631. The second-order valence-corrected chi connectivity index (χ2v) is 2.89. The Bertz CT molecular complexity index is 358. The van der Waals surface area contributed by atoms with E-state index in [-0.39, 0.29) is 6.42 Å². The highest BCUT2D eigenvalue weighted by Crippen LogP contribution is 2.27. The van der Waals surface area contributed by atoms with E-state index in [9.17, 15) is 8.78 Å². The summed E-state index contributed by atoms with van der Waals surface area (Å²) >= 11 is 0. The molecule has 0 saturated carbocycles. The third-order valence-electron chi connectivity index (χ3n) is 1.94. The minimum atomic E-state index is -1.68. The molecule has 0 amide bonds. The van der Waals surface area contributed by atoms with Crippen LogP contribution in [0.1, 0.15) is 5.56 Å². The lowest BCUT2D eigenvalue weighted by Crippen LogP contribution is -1.92. The first-order valence-corrected chi connectivity index (χ1v) is 4.39. The van der Waals surface area contributed by atoms with Crippen molar-refractivity contribution >= 4 is 0 Å². The fourth-order valence-corrected chi connectivity index (χ4v) is 1.20. The predicted octanol–water partition coefficient (Wildman–Crippen LogP) is 3.03. The maximum atomic E-state index is 11.9. The van der Waals surface area contributed by atoms with E-state index in [1.165, 1.54) is 14.2 Å². The number of halogens is 2. The zero-order chi connectivity index (χ0) is 11.3. The third kappa shape index (κ3) is 3.23. The SMILES string of the molecule is COc1ccc(CC=C(F)F)cc1OC. The van der Waals surface area contributed by atoms with Gasteiger partial charge in [0.15, 0.2) is 11.5 Å². The molecule has 15 heavy (non-hydrogen) atoms. The van der Waals surface area contributed by atoms with E-state index in [0.717, 1.165) is 11.6 Å². The van der Waals surface area contributed by atoms with Crippen molar-refractivity contribution in [3.05, 3.63) is 35.9 Å². The van der Waals surface area contributed by atoms with Crippen molar-refractivity contribution in [2.24, 2.45) is 0 Å². The zero-order valence-corrected chi connectivity index (χ0v) is 8.59. The first-order chi connectivity index (χ1) is 7.17. The number of rotatable bonds is 4. The van der Waals surface area contributed by atoms with Gasteiger partial charge in [-0.25, -0.2) is 0 Å². The quantitative estimate of drug-likeness (QED) is 0.767.